The van der Waals surface area contributed by atoms with Gasteiger partial charge in [-0.15, -0.1) is 10.2 Å². The summed E-state index contributed by atoms with van der Waals surface area (Å²) in [7, 11) is 0. The lowest BCUT2D eigenvalue weighted by Gasteiger charge is -2.19. The molecule has 0 radical (unpaired) electrons. The first-order chi connectivity index (χ1) is 16.1. The number of hydrogen-bond donors (Lipinski definition) is 1. The van der Waals surface area contributed by atoms with Crippen LogP contribution in [0.2, 0.25) is 0 Å². The summed E-state index contributed by atoms with van der Waals surface area (Å²) in [6.45, 7) is 12.2. The van der Waals surface area contributed by atoms with Crippen LogP contribution in [0.5, 0.6) is 0 Å². The standard InChI is InChI=1S/C25H32N6O3/c1-15-22(16(2)34-30-15)18-11-12-20-19(14-18)27-23(24-29-28-17(3)31(20)24)26-13-9-7-8-10-21(32)33-25(4,5)6/h11-12,14H,7-10,13H2,1-6H3,(H,26,27). The van der Waals surface area contributed by atoms with Gasteiger partial charge in [0.25, 0.3) is 0 Å². The van der Waals surface area contributed by atoms with Crippen molar-refractivity contribution in [3.63, 3.8) is 0 Å². The number of fused-ring (bicyclic) bond motifs is 3. The highest BCUT2D eigenvalue weighted by Crippen LogP contribution is 2.30. The normalized spacial score (nSPS) is 11.9. The fourth-order valence-corrected chi connectivity index (χ4v) is 4.12. The minimum absolute atomic E-state index is 0.147. The van der Waals surface area contributed by atoms with E-state index in [0.29, 0.717) is 17.9 Å². The molecule has 34 heavy (non-hydrogen) atoms. The number of nitrogens with zero attached hydrogens (tertiary/aromatic N) is 5. The molecule has 1 aromatic carbocycles. The van der Waals surface area contributed by atoms with E-state index in [4.69, 9.17) is 14.2 Å². The van der Waals surface area contributed by atoms with Gasteiger partial charge in [0.1, 0.15) is 17.2 Å². The monoisotopic (exact) mass is 464 g/mol. The van der Waals surface area contributed by atoms with E-state index in [0.717, 1.165) is 65.2 Å². The van der Waals surface area contributed by atoms with Gasteiger partial charge in [-0.2, -0.15) is 0 Å². The van der Waals surface area contributed by atoms with Gasteiger partial charge in [0.15, 0.2) is 5.82 Å². The highest BCUT2D eigenvalue weighted by atomic mass is 16.6. The summed E-state index contributed by atoms with van der Waals surface area (Å²) in [5.41, 5.74) is 4.88. The van der Waals surface area contributed by atoms with Crippen molar-refractivity contribution < 1.29 is 14.1 Å². The lowest BCUT2D eigenvalue weighted by atomic mass is 10.0. The van der Waals surface area contributed by atoms with Crippen molar-refractivity contribution >= 4 is 28.5 Å². The first kappa shape index (κ1) is 23.7. The van der Waals surface area contributed by atoms with Crippen LogP contribution in [0.25, 0.3) is 27.8 Å². The lowest BCUT2D eigenvalue weighted by molar-refractivity contribution is -0.154. The summed E-state index contributed by atoms with van der Waals surface area (Å²) in [4.78, 5) is 16.7. The van der Waals surface area contributed by atoms with Crippen LogP contribution in [-0.2, 0) is 9.53 Å². The van der Waals surface area contributed by atoms with Crippen LogP contribution in [0.3, 0.4) is 0 Å². The van der Waals surface area contributed by atoms with Crippen molar-refractivity contribution in [2.75, 3.05) is 11.9 Å². The number of benzene rings is 1. The van der Waals surface area contributed by atoms with Crippen LogP contribution in [0.1, 0.15) is 63.7 Å². The highest BCUT2D eigenvalue weighted by Gasteiger charge is 2.17. The predicted octanol–water partition coefficient (Wildman–Crippen LogP) is 5.17. The van der Waals surface area contributed by atoms with Crippen molar-refractivity contribution in [2.45, 2.75) is 72.8 Å². The molecular formula is C25H32N6O3. The largest absolute Gasteiger partial charge is 0.460 e. The molecule has 0 aliphatic carbocycles. The molecule has 0 atom stereocenters. The third-order valence-electron chi connectivity index (χ3n) is 5.58. The molecule has 1 N–H and O–H groups in total. The number of carbonyl (C=O) groups excluding carboxylic acids is 1. The minimum Gasteiger partial charge on any atom is -0.460 e. The van der Waals surface area contributed by atoms with Gasteiger partial charge in [0.2, 0.25) is 5.65 Å². The Balaban J connectivity index is 1.49. The number of ether oxygens (including phenoxy) is 1. The van der Waals surface area contributed by atoms with Crippen LogP contribution in [0, 0.1) is 20.8 Å². The Labute approximate surface area is 198 Å². The van der Waals surface area contributed by atoms with Crippen molar-refractivity contribution in [3.05, 3.63) is 35.5 Å². The first-order valence-electron chi connectivity index (χ1n) is 11.7. The van der Waals surface area contributed by atoms with Crippen molar-refractivity contribution in [2.24, 2.45) is 0 Å². The zero-order valence-electron chi connectivity index (χ0n) is 20.7. The van der Waals surface area contributed by atoms with Crippen LogP contribution in [0.4, 0.5) is 5.82 Å². The van der Waals surface area contributed by atoms with Gasteiger partial charge in [-0.1, -0.05) is 17.6 Å². The van der Waals surface area contributed by atoms with E-state index in [2.05, 4.69) is 20.7 Å². The third-order valence-corrected chi connectivity index (χ3v) is 5.58. The van der Waals surface area contributed by atoms with Crippen molar-refractivity contribution in [1.29, 1.82) is 0 Å². The van der Waals surface area contributed by atoms with E-state index in [1.54, 1.807) is 0 Å². The molecule has 3 aromatic heterocycles. The maximum Gasteiger partial charge on any atom is 0.306 e. The Morgan fingerprint density at radius 1 is 1.12 bits per heavy atom. The molecule has 0 aliphatic heterocycles. The van der Waals surface area contributed by atoms with Gasteiger partial charge >= 0.3 is 5.97 Å². The molecule has 0 unspecified atom stereocenters. The topological polar surface area (TPSA) is 107 Å². The second-order valence-corrected chi connectivity index (χ2v) is 9.59. The molecule has 0 amide bonds. The van der Waals surface area contributed by atoms with Crippen LogP contribution in [0.15, 0.2) is 22.7 Å². The summed E-state index contributed by atoms with van der Waals surface area (Å²) in [6.07, 6.45) is 3.05. The molecule has 4 rings (SSSR count). The molecule has 9 nitrogen and oxygen atoms in total. The van der Waals surface area contributed by atoms with Gasteiger partial charge < -0.3 is 14.6 Å². The smallest absolute Gasteiger partial charge is 0.306 e. The molecule has 0 saturated carbocycles. The van der Waals surface area contributed by atoms with E-state index in [1.165, 1.54) is 0 Å². The third kappa shape index (κ3) is 5.03. The van der Waals surface area contributed by atoms with E-state index in [-0.39, 0.29) is 5.97 Å². The molecule has 0 fully saturated rings. The average Bonchev–Trinajstić information content (AvgIpc) is 3.31. The number of esters is 1. The fraction of sp³-hybridized carbons (Fsp3) is 0.480. The maximum absolute atomic E-state index is 11.9. The van der Waals surface area contributed by atoms with Crippen LogP contribution >= 0.6 is 0 Å². The van der Waals surface area contributed by atoms with Crippen LogP contribution in [-0.4, -0.2) is 42.9 Å². The van der Waals surface area contributed by atoms with Gasteiger partial charge in [0.05, 0.1) is 16.7 Å². The van der Waals surface area contributed by atoms with E-state index < -0.39 is 5.60 Å². The SMILES string of the molecule is Cc1noc(C)c1-c1ccc2c(c1)nc(NCCCCCC(=O)OC(C)(C)C)c1nnc(C)n12. The second-order valence-electron chi connectivity index (χ2n) is 9.59. The predicted molar refractivity (Wildman–Crippen MR) is 131 cm³/mol. The van der Waals surface area contributed by atoms with Gasteiger partial charge in [0, 0.05) is 18.5 Å². The number of unbranched alkanes of at least 4 members (excludes halogenated alkanes) is 2. The molecule has 180 valence electrons. The average molecular weight is 465 g/mol. The number of hydrogen-bond acceptors (Lipinski definition) is 8. The van der Waals surface area contributed by atoms with E-state index in [9.17, 15) is 4.79 Å². The van der Waals surface area contributed by atoms with Gasteiger partial charge in [-0.3, -0.25) is 9.20 Å². The quantitative estimate of drug-likeness (QED) is 0.281. The summed E-state index contributed by atoms with van der Waals surface area (Å²) in [5.74, 6) is 2.12. The molecule has 0 aliphatic rings. The number of aryl methyl sites for hydroxylation is 3. The number of anilines is 1. The Bertz CT molecular complexity index is 1310. The van der Waals surface area contributed by atoms with Crippen LogP contribution < -0.4 is 5.32 Å². The first-order valence-corrected chi connectivity index (χ1v) is 11.7. The Kier molecular flexibility index (Phi) is 6.54. The molecule has 0 bridgehead atoms. The van der Waals surface area contributed by atoms with Crippen molar-refractivity contribution in [1.82, 2.24) is 24.7 Å². The van der Waals surface area contributed by atoms with Crippen molar-refractivity contribution in [3.8, 4) is 11.1 Å². The molecule has 9 heteroatoms. The summed E-state index contributed by atoms with van der Waals surface area (Å²) in [6, 6.07) is 6.13. The summed E-state index contributed by atoms with van der Waals surface area (Å²) < 4.78 is 12.7. The summed E-state index contributed by atoms with van der Waals surface area (Å²) in [5, 5.41) is 16.1. The van der Waals surface area contributed by atoms with E-state index >= 15 is 0 Å². The highest BCUT2D eigenvalue weighted by molar-refractivity contribution is 5.87. The molecule has 0 saturated heterocycles. The minimum atomic E-state index is -0.437. The zero-order valence-corrected chi connectivity index (χ0v) is 20.7. The fourth-order valence-electron chi connectivity index (χ4n) is 4.12. The Morgan fingerprint density at radius 3 is 2.62 bits per heavy atom. The van der Waals surface area contributed by atoms with Gasteiger partial charge in [-0.25, -0.2) is 4.98 Å². The molecule has 4 aromatic rings. The number of rotatable bonds is 8. The number of aromatic nitrogens is 5. The molecule has 0 spiro atoms. The Morgan fingerprint density at radius 2 is 1.91 bits per heavy atom. The summed E-state index contributed by atoms with van der Waals surface area (Å²) >= 11 is 0. The zero-order chi connectivity index (χ0) is 24.5. The Hall–Kier alpha value is -3.49. The number of nitrogens with one attached hydrogen (secondary N) is 1. The number of carbonyl (C=O) groups is 1. The maximum atomic E-state index is 11.9. The molecule has 3 heterocycles. The van der Waals surface area contributed by atoms with Gasteiger partial charge in [-0.05, 0) is 72.1 Å². The van der Waals surface area contributed by atoms with E-state index in [1.807, 2.05) is 64.1 Å². The lowest BCUT2D eigenvalue weighted by Crippen LogP contribution is -2.23. The molecular weight excluding hydrogens is 432 g/mol. The second kappa shape index (κ2) is 9.40.